The maximum atomic E-state index is 9.58. The monoisotopic (exact) mass is 342 g/mol. The molecule has 23 heavy (non-hydrogen) atoms. The van der Waals surface area contributed by atoms with Crippen molar-refractivity contribution < 1.29 is 18.1 Å². The summed E-state index contributed by atoms with van der Waals surface area (Å²) in [6.45, 7) is 3.62. The van der Waals surface area contributed by atoms with Gasteiger partial charge in [0.1, 0.15) is 0 Å². The molecule has 1 aromatic carbocycles. The van der Waals surface area contributed by atoms with E-state index in [4.69, 9.17) is 4.55 Å². The molecule has 0 saturated heterocycles. The van der Waals surface area contributed by atoms with Gasteiger partial charge in [-0.15, -0.1) is 0 Å². The van der Waals surface area contributed by atoms with Crippen LogP contribution in [0.3, 0.4) is 0 Å². The third kappa shape index (κ3) is 7.95. The second-order valence-electron chi connectivity index (χ2n) is 6.18. The largest absolute Gasteiger partial charge is 0.393 e. The van der Waals surface area contributed by atoms with Crippen LogP contribution in [0.25, 0.3) is 0 Å². The van der Waals surface area contributed by atoms with Crippen molar-refractivity contribution in [3.63, 3.8) is 0 Å². The predicted octanol–water partition coefficient (Wildman–Crippen LogP) is 3.94. The van der Waals surface area contributed by atoms with Crippen LogP contribution in [0.15, 0.2) is 24.3 Å². The molecule has 0 heterocycles. The molecule has 1 saturated carbocycles. The van der Waals surface area contributed by atoms with E-state index in [2.05, 4.69) is 31.2 Å². The summed E-state index contributed by atoms with van der Waals surface area (Å²) in [5, 5.41) is 9.58. The molecule has 0 radical (unpaired) electrons. The molecule has 4 nitrogen and oxygen atoms in total. The first kappa shape index (κ1) is 20.1. The van der Waals surface area contributed by atoms with E-state index in [0.29, 0.717) is 5.92 Å². The fraction of sp³-hybridized carbons (Fsp3) is 0.667. The molecule has 0 spiro atoms. The van der Waals surface area contributed by atoms with Crippen LogP contribution in [0.4, 0.5) is 0 Å². The molecule has 2 N–H and O–H groups in total. The highest BCUT2D eigenvalue weighted by molar-refractivity contribution is 7.85. The quantitative estimate of drug-likeness (QED) is 0.795. The van der Waals surface area contributed by atoms with Crippen LogP contribution in [-0.2, 0) is 16.5 Å². The lowest BCUT2D eigenvalue weighted by molar-refractivity contribution is 0.122. The molecule has 5 heteroatoms. The molecule has 1 aliphatic rings. The normalized spacial score (nSPS) is 21.4. The molecular weight excluding hydrogens is 312 g/mol. The van der Waals surface area contributed by atoms with Crippen LogP contribution in [-0.4, -0.2) is 29.9 Å². The van der Waals surface area contributed by atoms with E-state index in [1.807, 2.05) is 0 Å². The Kier molecular flexibility index (Phi) is 8.81. The maximum absolute atomic E-state index is 9.58. The van der Waals surface area contributed by atoms with Gasteiger partial charge in [0, 0.05) is 0 Å². The first-order chi connectivity index (χ1) is 10.9. The zero-order valence-corrected chi connectivity index (χ0v) is 15.1. The smallest absolute Gasteiger partial charge is 0.264 e. The van der Waals surface area contributed by atoms with Gasteiger partial charge in [-0.05, 0) is 62.5 Å². The minimum atomic E-state index is -3.66. The Bertz CT molecular complexity index is 546. The van der Waals surface area contributed by atoms with E-state index < -0.39 is 10.1 Å². The van der Waals surface area contributed by atoms with E-state index in [1.165, 1.54) is 31.7 Å². The van der Waals surface area contributed by atoms with Gasteiger partial charge in [0.25, 0.3) is 10.1 Å². The van der Waals surface area contributed by atoms with Crippen molar-refractivity contribution in [2.75, 3.05) is 5.75 Å². The Hall–Kier alpha value is -0.910. The standard InChI is InChI=1S/C16H24O.C2H6O3S/c1-2-3-6-13-7-4-5-8-16(13)14-9-11-15(17)12-10-14;1-2-6(3,4)5/h4-5,7-8,14-15,17H,2-3,6,9-12H2,1H3;2H2,1H3,(H,3,4,5). The fourth-order valence-electron chi connectivity index (χ4n) is 2.91. The zero-order valence-electron chi connectivity index (χ0n) is 14.2. The van der Waals surface area contributed by atoms with Gasteiger partial charge in [-0.1, -0.05) is 37.6 Å². The summed E-state index contributed by atoms with van der Waals surface area (Å²) < 4.78 is 26.9. The van der Waals surface area contributed by atoms with Gasteiger partial charge in [-0.3, -0.25) is 4.55 Å². The van der Waals surface area contributed by atoms with Crippen molar-refractivity contribution in [3.8, 4) is 0 Å². The van der Waals surface area contributed by atoms with Gasteiger partial charge >= 0.3 is 0 Å². The van der Waals surface area contributed by atoms with Crippen LogP contribution in [0.1, 0.15) is 69.4 Å². The second-order valence-corrected chi connectivity index (χ2v) is 7.92. The van der Waals surface area contributed by atoms with Crippen molar-refractivity contribution >= 4 is 10.1 Å². The summed E-state index contributed by atoms with van der Waals surface area (Å²) in [7, 11) is -3.66. The minimum Gasteiger partial charge on any atom is -0.393 e. The Labute approximate surface area is 140 Å². The van der Waals surface area contributed by atoms with Gasteiger partial charge in [0.15, 0.2) is 0 Å². The average molecular weight is 343 g/mol. The number of hydrogen-bond donors (Lipinski definition) is 2. The summed E-state index contributed by atoms with van der Waals surface area (Å²) in [6.07, 6.45) is 7.98. The van der Waals surface area contributed by atoms with E-state index in [1.54, 1.807) is 5.56 Å². The van der Waals surface area contributed by atoms with Crippen molar-refractivity contribution in [2.24, 2.45) is 0 Å². The highest BCUT2D eigenvalue weighted by atomic mass is 32.2. The summed E-state index contributed by atoms with van der Waals surface area (Å²) in [5.74, 6) is 0.485. The highest BCUT2D eigenvalue weighted by Gasteiger charge is 2.22. The summed E-state index contributed by atoms with van der Waals surface area (Å²) in [4.78, 5) is 0. The number of unbranched alkanes of at least 4 members (excludes halogenated alkanes) is 1. The van der Waals surface area contributed by atoms with E-state index in [-0.39, 0.29) is 11.9 Å². The van der Waals surface area contributed by atoms with Crippen molar-refractivity contribution in [2.45, 2.75) is 70.8 Å². The van der Waals surface area contributed by atoms with Crippen molar-refractivity contribution in [1.29, 1.82) is 0 Å². The van der Waals surface area contributed by atoms with Crippen LogP contribution in [0.2, 0.25) is 0 Å². The summed E-state index contributed by atoms with van der Waals surface area (Å²) in [6, 6.07) is 8.91. The lowest BCUT2D eigenvalue weighted by Gasteiger charge is -2.27. The van der Waals surface area contributed by atoms with Crippen LogP contribution < -0.4 is 0 Å². The molecule has 2 rings (SSSR count). The zero-order chi connectivity index (χ0) is 17.3. The van der Waals surface area contributed by atoms with Gasteiger partial charge in [0.2, 0.25) is 0 Å². The number of rotatable bonds is 5. The third-order valence-corrected chi connectivity index (χ3v) is 5.09. The Morgan fingerprint density at radius 2 is 1.65 bits per heavy atom. The van der Waals surface area contributed by atoms with Gasteiger partial charge < -0.3 is 5.11 Å². The van der Waals surface area contributed by atoms with Gasteiger partial charge in [-0.25, -0.2) is 0 Å². The molecule has 0 bridgehead atoms. The summed E-state index contributed by atoms with van der Waals surface area (Å²) in [5.41, 5.74) is 3.09. The predicted molar refractivity (Wildman–Crippen MR) is 94.4 cm³/mol. The molecule has 0 amide bonds. The summed E-state index contributed by atoms with van der Waals surface area (Å²) >= 11 is 0. The second kappa shape index (κ2) is 10.1. The SMILES string of the molecule is CCCCc1ccccc1C1CCC(O)CC1.CCS(=O)(=O)O. The molecule has 0 atom stereocenters. The maximum Gasteiger partial charge on any atom is 0.264 e. The van der Waals surface area contributed by atoms with Crippen LogP contribution >= 0.6 is 0 Å². The number of aliphatic hydroxyl groups excluding tert-OH is 1. The number of hydrogen-bond acceptors (Lipinski definition) is 3. The number of aryl methyl sites for hydroxylation is 1. The topological polar surface area (TPSA) is 74.6 Å². The Morgan fingerprint density at radius 1 is 1.09 bits per heavy atom. The molecular formula is C18H30O4S. The average Bonchev–Trinajstić information content (AvgIpc) is 2.54. The van der Waals surface area contributed by atoms with Crippen LogP contribution in [0.5, 0.6) is 0 Å². The molecule has 1 aliphatic carbocycles. The minimum absolute atomic E-state index is 0.0472. The Balaban J connectivity index is 0.000000379. The first-order valence-corrected chi connectivity index (χ1v) is 10.2. The molecule has 0 aromatic heterocycles. The third-order valence-electron chi connectivity index (χ3n) is 4.36. The highest BCUT2D eigenvalue weighted by Crippen LogP contribution is 2.34. The Morgan fingerprint density at radius 3 is 2.17 bits per heavy atom. The lowest BCUT2D eigenvalue weighted by atomic mass is 9.80. The van der Waals surface area contributed by atoms with Crippen molar-refractivity contribution in [3.05, 3.63) is 35.4 Å². The molecule has 0 aliphatic heterocycles. The molecule has 1 fully saturated rings. The van der Waals surface area contributed by atoms with E-state index in [9.17, 15) is 13.5 Å². The number of aliphatic hydroxyl groups is 1. The van der Waals surface area contributed by atoms with E-state index in [0.717, 1.165) is 25.7 Å². The lowest BCUT2D eigenvalue weighted by Crippen LogP contribution is -2.17. The van der Waals surface area contributed by atoms with Crippen LogP contribution in [0, 0.1) is 0 Å². The van der Waals surface area contributed by atoms with Gasteiger partial charge in [-0.2, -0.15) is 8.42 Å². The van der Waals surface area contributed by atoms with Crippen molar-refractivity contribution in [1.82, 2.24) is 0 Å². The van der Waals surface area contributed by atoms with Gasteiger partial charge in [0.05, 0.1) is 11.9 Å². The fourth-order valence-corrected chi connectivity index (χ4v) is 2.91. The molecule has 132 valence electrons. The van der Waals surface area contributed by atoms with E-state index >= 15 is 0 Å². The molecule has 1 aromatic rings. The molecule has 0 unspecified atom stereocenters. The number of benzene rings is 1. The first-order valence-electron chi connectivity index (χ1n) is 8.58.